The number of carbonyl (C=O) groups is 1. The van der Waals surface area contributed by atoms with Crippen LogP contribution >= 0.6 is 0 Å². The number of urea groups is 1. The lowest BCUT2D eigenvalue weighted by molar-refractivity contribution is 0.251. The normalized spacial score (nSPS) is 16.9. The maximum absolute atomic E-state index is 12.2. The zero-order valence-electron chi connectivity index (χ0n) is 15.8. The maximum Gasteiger partial charge on any atom is 0.319 e. The molecule has 4 rings (SSSR count). The van der Waals surface area contributed by atoms with Crippen molar-refractivity contribution in [3.8, 4) is 0 Å². The lowest BCUT2D eigenvalue weighted by Crippen LogP contribution is -2.33. The average Bonchev–Trinajstić information content (AvgIpc) is 3.15. The number of nitrogens with one attached hydrogen (secondary N) is 3. The van der Waals surface area contributed by atoms with E-state index in [0.717, 1.165) is 49.2 Å². The molecular weight excluding hydrogens is 338 g/mol. The molecule has 1 aromatic carbocycles. The minimum atomic E-state index is -0.199. The Balaban J connectivity index is 1.27. The SMILES string of the molecule is CC1CCN(c2ccc(CNC(=O)Nc3ccc4c(c3)CNC4)cn2)CC1. The molecule has 6 nitrogen and oxygen atoms in total. The molecule has 27 heavy (non-hydrogen) atoms. The molecule has 0 saturated carbocycles. The van der Waals surface area contributed by atoms with Gasteiger partial charge < -0.3 is 20.9 Å². The summed E-state index contributed by atoms with van der Waals surface area (Å²) in [5, 5.41) is 9.11. The minimum Gasteiger partial charge on any atom is -0.357 e. The standard InChI is InChI=1S/C21H27N5O/c1-15-6-8-26(9-7-15)20-5-2-16(11-23-20)12-24-21(27)25-19-4-3-17-13-22-14-18(17)10-19/h2-5,10-11,15,22H,6-9,12-14H2,1H3,(H2,24,25,27). The Morgan fingerprint density at radius 1 is 1.19 bits per heavy atom. The first-order valence-corrected chi connectivity index (χ1v) is 9.74. The molecule has 0 spiro atoms. The van der Waals surface area contributed by atoms with Gasteiger partial charge in [-0.25, -0.2) is 9.78 Å². The molecule has 2 amide bonds. The summed E-state index contributed by atoms with van der Waals surface area (Å²) in [4.78, 5) is 19.1. The van der Waals surface area contributed by atoms with Crippen molar-refractivity contribution in [2.24, 2.45) is 5.92 Å². The summed E-state index contributed by atoms with van der Waals surface area (Å²) in [6, 6.07) is 9.94. The number of anilines is 2. The van der Waals surface area contributed by atoms with Crippen molar-refractivity contribution in [3.63, 3.8) is 0 Å². The lowest BCUT2D eigenvalue weighted by atomic mass is 9.99. The maximum atomic E-state index is 12.2. The van der Waals surface area contributed by atoms with Crippen LogP contribution in [0.4, 0.5) is 16.3 Å². The van der Waals surface area contributed by atoms with E-state index < -0.39 is 0 Å². The largest absolute Gasteiger partial charge is 0.357 e. The molecule has 0 bridgehead atoms. The molecule has 2 aromatic rings. The predicted octanol–water partition coefficient (Wildman–Crippen LogP) is 3.24. The van der Waals surface area contributed by atoms with Gasteiger partial charge in [0.15, 0.2) is 0 Å². The van der Waals surface area contributed by atoms with Crippen LogP contribution in [0.1, 0.15) is 36.5 Å². The molecule has 3 N–H and O–H groups in total. The minimum absolute atomic E-state index is 0.199. The topological polar surface area (TPSA) is 69.3 Å². The van der Waals surface area contributed by atoms with Crippen molar-refractivity contribution in [1.29, 1.82) is 0 Å². The van der Waals surface area contributed by atoms with Gasteiger partial charge in [0.05, 0.1) is 0 Å². The predicted molar refractivity (Wildman–Crippen MR) is 108 cm³/mol. The van der Waals surface area contributed by atoms with Gasteiger partial charge in [0.1, 0.15) is 5.82 Å². The Morgan fingerprint density at radius 2 is 2.00 bits per heavy atom. The zero-order chi connectivity index (χ0) is 18.6. The smallest absolute Gasteiger partial charge is 0.319 e. The van der Waals surface area contributed by atoms with Crippen molar-refractivity contribution in [3.05, 3.63) is 53.2 Å². The fourth-order valence-corrected chi connectivity index (χ4v) is 3.68. The van der Waals surface area contributed by atoms with E-state index in [-0.39, 0.29) is 6.03 Å². The molecule has 0 radical (unpaired) electrons. The number of piperidine rings is 1. The van der Waals surface area contributed by atoms with E-state index in [2.05, 4.69) is 44.9 Å². The Hall–Kier alpha value is -2.60. The van der Waals surface area contributed by atoms with Crippen LogP contribution in [-0.4, -0.2) is 24.1 Å². The van der Waals surface area contributed by atoms with Gasteiger partial charge in [0.2, 0.25) is 0 Å². The van der Waals surface area contributed by atoms with E-state index in [0.29, 0.717) is 6.54 Å². The summed E-state index contributed by atoms with van der Waals surface area (Å²) >= 11 is 0. The van der Waals surface area contributed by atoms with Crippen molar-refractivity contribution in [2.45, 2.75) is 39.4 Å². The molecule has 6 heteroatoms. The number of aromatic nitrogens is 1. The van der Waals surface area contributed by atoms with Crippen LogP contribution in [0.25, 0.3) is 0 Å². The van der Waals surface area contributed by atoms with Crippen LogP contribution in [0, 0.1) is 5.92 Å². The molecule has 0 unspecified atom stereocenters. The molecule has 1 saturated heterocycles. The number of amides is 2. The third-order valence-corrected chi connectivity index (χ3v) is 5.46. The first kappa shape index (κ1) is 17.8. The van der Waals surface area contributed by atoms with Gasteiger partial charge in [-0.3, -0.25) is 0 Å². The molecule has 3 heterocycles. The summed E-state index contributed by atoms with van der Waals surface area (Å²) in [5.41, 5.74) is 4.37. The highest BCUT2D eigenvalue weighted by atomic mass is 16.2. The number of carbonyl (C=O) groups excluding carboxylic acids is 1. The van der Waals surface area contributed by atoms with Crippen LogP contribution in [0.5, 0.6) is 0 Å². The first-order valence-electron chi connectivity index (χ1n) is 9.74. The Labute approximate surface area is 160 Å². The second kappa shape index (κ2) is 7.96. The molecule has 0 aliphatic carbocycles. The van der Waals surface area contributed by atoms with Gasteiger partial charge in [-0.2, -0.15) is 0 Å². The Kier molecular flexibility index (Phi) is 5.25. The Bertz CT molecular complexity index is 797. The van der Waals surface area contributed by atoms with Crippen molar-refractivity contribution < 1.29 is 4.79 Å². The molecule has 2 aliphatic heterocycles. The van der Waals surface area contributed by atoms with Crippen molar-refractivity contribution >= 4 is 17.5 Å². The fourth-order valence-electron chi connectivity index (χ4n) is 3.68. The average molecular weight is 365 g/mol. The zero-order valence-corrected chi connectivity index (χ0v) is 15.8. The number of hydrogen-bond acceptors (Lipinski definition) is 4. The number of fused-ring (bicyclic) bond motifs is 1. The quantitative estimate of drug-likeness (QED) is 0.778. The summed E-state index contributed by atoms with van der Waals surface area (Å²) in [7, 11) is 0. The molecular formula is C21H27N5O. The van der Waals surface area contributed by atoms with Gasteiger partial charge in [0.25, 0.3) is 0 Å². The summed E-state index contributed by atoms with van der Waals surface area (Å²) < 4.78 is 0. The number of pyridine rings is 1. The summed E-state index contributed by atoms with van der Waals surface area (Å²) in [5.74, 6) is 1.84. The highest BCUT2D eigenvalue weighted by Crippen LogP contribution is 2.22. The van der Waals surface area contributed by atoms with Crippen LogP contribution < -0.4 is 20.9 Å². The van der Waals surface area contributed by atoms with E-state index in [9.17, 15) is 4.79 Å². The molecule has 142 valence electrons. The van der Waals surface area contributed by atoms with Gasteiger partial charge in [-0.1, -0.05) is 19.1 Å². The number of nitrogens with zero attached hydrogens (tertiary/aromatic N) is 2. The van der Waals surface area contributed by atoms with E-state index in [4.69, 9.17) is 0 Å². The van der Waals surface area contributed by atoms with E-state index >= 15 is 0 Å². The highest BCUT2D eigenvalue weighted by molar-refractivity contribution is 5.89. The van der Waals surface area contributed by atoms with Crippen LogP contribution in [0.15, 0.2) is 36.5 Å². The molecule has 2 aliphatic rings. The van der Waals surface area contributed by atoms with Crippen LogP contribution in [0.2, 0.25) is 0 Å². The van der Waals surface area contributed by atoms with Gasteiger partial charge >= 0.3 is 6.03 Å². The molecule has 1 fully saturated rings. The van der Waals surface area contributed by atoms with Gasteiger partial charge in [-0.15, -0.1) is 0 Å². The number of benzene rings is 1. The molecule has 1 aromatic heterocycles. The molecule has 0 atom stereocenters. The van der Waals surface area contributed by atoms with E-state index in [1.165, 1.54) is 24.0 Å². The number of rotatable bonds is 4. The summed E-state index contributed by atoms with van der Waals surface area (Å²) in [6.07, 6.45) is 4.31. The summed E-state index contributed by atoms with van der Waals surface area (Å²) in [6.45, 7) is 6.68. The van der Waals surface area contributed by atoms with E-state index in [1.807, 2.05) is 24.4 Å². The first-order chi connectivity index (χ1) is 13.2. The number of hydrogen-bond donors (Lipinski definition) is 3. The van der Waals surface area contributed by atoms with Crippen molar-refractivity contribution in [1.82, 2.24) is 15.6 Å². The third-order valence-electron chi connectivity index (χ3n) is 5.46. The Morgan fingerprint density at radius 3 is 2.78 bits per heavy atom. The van der Waals surface area contributed by atoms with Crippen LogP contribution in [0.3, 0.4) is 0 Å². The lowest BCUT2D eigenvalue weighted by Gasteiger charge is -2.31. The monoisotopic (exact) mass is 365 g/mol. The van der Waals surface area contributed by atoms with Crippen molar-refractivity contribution in [2.75, 3.05) is 23.3 Å². The second-order valence-corrected chi connectivity index (χ2v) is 7.59. The third kappa shape index (κ3) is 4.39. The second-order valence-electron chi connectivity index (χ2n) is 7.59. The van der Waals surface area contributed by atoms with Crippen LogP contribution in [-0.2, 0) is 19.6 Å². The fraction of sp³-hybridized carbons (Fsp3) is 0.429. The van der Waals surface area contributed by atoms with E-state index in [1.54, 1.807) is 0 Å². The van der Waals surface area contributed by atoms with Gasteiger partial charge in [0, 0.05) is 44.6 Å². The van der Waals surface area contributed by atoms with Gasteiger partial charge in [-0.05, 0) is 53.6 Å². The highest BCUT2D eigenvalue weighted by Gasteiger charge is 2.16.